The summed E-state index contributed by atoms with van der Waals surface area (Å²) >= 11 is 0. The van der Waals surface area contributed by atoms with Gasteiger partial charge in [-0.1, -0.05) is 24.3 Å². The van der Waals surface area contributed by atoms with E-state index in [9.17, 15) is 0 Å². The third kappa shape index (κ3) is 2.53. The molecule has 2 nitrogen and oxygen atoms in total. The van der Waals surface area contributed by atoms with Crippen molar-refractivity contribution in [3.05, 3.63) is 66.1 Å². The summed E-state index contributed by atoms with van der Waals surface area (Å²) in [4.78, 5) is 4.16. The van der Waals surface area contributed by atoms with Gasteiger partial charge in [-0.05, 0) is 48.4 Å². The SMILES string of the molecule is Cc1cccc2ccn(CCCc3cccnc3)c12. The summed E-state index contributed by atoms with van der Waals surface area (Å²) in [5.74, 6) is 0. The van der Waals surface area contributed by atoms with E-state index >= 15 is 0 Å². The second-order valence-corrected chi connectivity index (χ2v) is 4.99. The first-order valence-corrected chi connectivity index (χ1v) is 6.78. The van der Waals surface area contributed by atoms with Crippen LogP contribution in [0.15, 0.2) is 55.0 Å². The highest BCUT2D eigenvalue weighted by atomic mass is 14.9. The molecule has 0 N–H and O–H groups in total. The van der Waals surface area contributed by atoms with E-state index < -0.39 is 0 Å². The van der Waals surface area contributed by atoms with Gasteiger partial charge in [-0.15, -0.1) is 0 Å². The summed E-state index contributed by atoms with van der Waals surface area (Å²) in [7, 11) is 0. The molecule has 0 unspecified atom stereocenters. The van der Waals surface area contributed by atoms with Gasteiger partial charge in [0.25, 0.3) is 0 Å². The summed E-state index contributed by atoms with van der Waals surface area (Å²) in [6.07, 6.45) is 8.20. The van der Waals surface area contributed by atoms with Crippen LogP contribution in [0.4, 0.5) is 0 Å². The van der Waals surface area contributed by atoms with Crippen LogP contribution in [0.25, 0.3) is 10.9 Å². The number of aromatic nitrogens is 2. The van der Waals surface area contributed by atoms with Gasteiger partial charge in [-0.3, -0.25) is 4.98 Å². The molecule has 0 atom stereocenters. The molecule has 0 bridgehead atoms. The molecule has 0 amide bonds. The average Bonchev–Trinajstić information content (AvgIpc) is 2.85. The molecule has 96 valence electrons. The number of hydrogen-bond donors (Lipinski definition) is 0. The lowest BCUT2D eigenvalue weighted by Crippen LogP contribution is -1.99. The van der Waals surface area contributed by atoms with Gasteiger partial charge in [0, 0.05) is 25.1 Å². The van der Waals surface area contributed by atoms with Crippen LogP contribution in [0.2, 0.25) is 0 Å². The summed E-state index contributed by atoms with van der Waals surface area (Å²) in [6, 6.07) is 12.8. The Balaban J connectivity index is 1.72. The van der Waals surface area contributed by atoms with Crippen LogP contribution in [-0.2, 0) is 13.0 Å². The Hall–Kier alpha value is -2.09. The Labute approximate surface area is 113 Å². The number of benzene rings is 1. The molecule has 2 heteroatoms. The third-order valence-corrected chi connectivity index (χ3v) is 3.58. The predicted octanol–water partition coefficient (Wildman–Crippen LogP) is 3.98. The van der Waals surface area contributed by atoms with Gasteiger partial charge in [0.05, 0.1) is 5.52 Å². The first-order valence-electron chi connectivity index (χ1n) is 6.78. The number of hydrogen-bond acceptors (Lipinski definition) is 1. The molecule has 2 aromatic heterocycles. The molecular formula is C17H18N2. The fraction of sp³-hybridized carbons (Fsp3) is 0.235. The van der Waals surface area contributed by atoms with Crippen molar-refractivity contribution in [2.75, 3.05) is 0 Å². The van der Waals surface area contributed by atoms with Crippen LogP contribution >= 0.6 is 0 Å². The number of para-hydroxylation sites is 1. The highest BCUT2D eigenvalue weighted by Gasteiger charge is 2.03. The maximum Gasteiger partial charge on any atom is 0.0509 e. The molecule has 0 aliphatic rings. The lowest BCUT2D eigenvalue weighted by Gasteiger charge is -2.07. The smallest absolute Gasteiger partial charge is 0.0509 e. The Bertz CT molecular complexity index is 668. The second kappa shape index (κ2) is 5.27. The molecule has 0 saturated carbocycles. The van der Waals surface area contributed by atoms with Crippen molar-refractivity contribution in [1.29, 1.82) is 0 Å². The zero-order chi connectivity index (χ0) is 13.1. The fourth-order valence-electron chi connectivity index (χ4n) is 2.64. The molecule has 0 radical (unpaired) electrons. The Morgan fingerprint density at radius 1 is 1.11 bits per heavy atom. The van der Waals surface area contributed by atoms with Crippen molar-refractivity contribution in [2.24, 2.45) is 0 Å². The van der Waals surface area contributed by atoms with Gasteiger partial charge in [0.1, 0.15) is 0 Å². The van der Waals surface area contributed by atoms with Crippen LogP contribution in [-0.4, -0.2) is 9.55 Å². The van der Waals surface area contributed by atoms with Crippen molar-refractivity contribution in [2.45, 2.75) is 26.3 Å². The first kappa shape index (κ1) is 12.0. The highest BCUT2D eigenvalue weighted by molar-refractivity contribution is 5.83. The van der Waals surface area contributed by atoms with Crippen molar-refractivity contribution in [3.8, 4) is 0 Å². The molecule has 3 aromatic rings. The number of aryl methyl sites for hydroxylation is 3. The van der Waals surface area contributed by atoms with Crippen LogP contribution in [0.1, 0.15) is 17.5 Å². The van der Waals surface area contributed by atoms with E-state index in [2.05, 4.69) is 53.0 Å². The average molecular weight is 250 g/mol. The zero-order valence-corrected chi connectivity index (χ0v) is 11.2. The van der Waals surface area contributed by atoms with E-state index in [4.69, 9.17) is 0 Å². The lowest BCUT2D eigenvalue weighted by molar-refractivity contribution is 0.660. The van der Waals surface area contributed by atoms with E-state index in [1.54, 1.807) is 0 Å². The van der Waals surface area contributed by atoms with Crippen LogP contribution in [0.3, 0.4) is 0 Å². The number of fused-ring (bicyclic) bond motifs is 1. The summed E-state index contributed by atoms with van der Waals surface area (Å²) in [5.41, 5.74) is 4.04. The van der Waals surface area contributed by atoms with Gasteiger partial charge >= 0.3 is 0 Å². The molecule has 2 heterocycles. The molecule has 1 aromatic carbocycles. The Morgan fingerprint density at radius 3 is 2.89 bits per heavy atom. The topological polar surface area (TPSA) is 17.8 Å². The summed E-state index contributed by atoms with van der Waals surface area (Å²) in [5, 5.41) is 1.33. The van der Waals surface area contributed by atoms with Crippen molar-refractivity contribution in [1.82, 2.24) is 9.55 Å². The zero-order valence-electron chi connectivity index (χ0n) is 11.2. The number of pyridine rings is 1. The van der Waals surface area contributed by atoms with Gasteiger partial charge in [0.2, 0.25) is 0 Å². The molecule has 19 heavy (non-hydrogen) atoms. The lowest BCUT2D eigenvalue weighted by atomic mass is 10.1. The fourth-order valence-corrected chi connectivity index (χ4v) is 2.64. The molecule has 0 spiro atoms. The largest absolute Gasteiger partial charge is 0.347 e. The number of nitrogens with zero attached hydrogens (tertiary/aromatic N) is 2. The molecule has 3 rings (SSSR count). The second-order valence-electron chi connectivity index (χ2n) is 4.99. The summed E-state index contributed by atoms with van der Waals surface area (Å²) in [6.45, 7) is 3.24. The van der Waals surface area contributed by atoms with Gasteiger partial charge < -0.3 is 4.57 Å². The van der Waals surface area contributed by atoms with E-state index in [-0.39, 0.29) is 0 Å². The maximum absolute atomic E-state index is 4.16. The number of rotatable bonds is 4. The normalized spacial score (nSPS) is 11.0. The van der Waals surface area contributed by atoms with E-state index in [0.29, 0.717) is 0 Å². The van der Waals surface area contributed by atoms with Gasteiger partial charge in [-0.2, -0.15) is 0 Å². The van der Waals surface area contributed by atoms with Crippen LogP contribution in [0.5, 0.6) is 0 Å². The van der Waals surface area contributed by atoms with Gasteiger partial charge in [-0.25, -0.2) is 0 Å². The Kier molecular flexibility index (Phi) is 3.32. The van der Waals surface area contributed by atoms with Crippen molar-refractivity contribution >= 4 is 10.9 Å². The molecule has 0 fully saturated rings. The summed E-state index contributed by atoms with van der Waals surface area (Å²) < 4.78 is 2.36. The molecule has 0 aliphatic carbocycles. The Morgan fingerprint density at radius 2 is 2.05 bits per heavy atom. The molecular weight excluding hydrogens is 232 g/mol. The van der Waals surface area contributed by atoms with Crippen molar-refractivity contribution in [3.63, 3.8) is 0 Å². The van der Waals surface area contributed by atoms with Crippen LogP contribution in [0, 0.1) is 6.92 Å². The van der Waals surface area contributed by atoms with Crippen LogP contribution < -0.4 is 0 Å². The predicted molar refractivity (Wildman–Crippen MR) is 79.2 cm³/mol. The quantitative estimate of drug-likeness (QED) is 0.685. The van der Waals surface area contributed by atoms with E-state index in [0.717, 1.165) is 19.4 Å². The highest BCUT2D eigenvalue weighted by Crippen LogP contribution is 2.20. The van der Waals surface area contributed by atoms with E-state index in [1.807, 2.05) is 18.5 Å². The minimum absolute atomic E-state index is 1.06. The maximum atomic E-state index is 4.16. The first-order chi connectivity index (χ1) is 9.34. The van der Waals surface area contributed by atoms with Gasteiger partial charge in [0.15, 0.2) is 0 Å². The van der Waals surface area contributed by atoms with E-state index in [1.165, 1.54) is 22.0 Å². The monoisotopic (exact) mass is 250 g/mol. The molecule has 0 saturated heterocycles. The van der Waals surface area contributed by atoms with Crippen molar-refractivity contribution < 1.29 is 0 Å². The minimum Gasteiger partial charge on any atom is -0.347 e. The third-order valence-electron chi connectivity index (χ3n) is 3.58. The standard InChI is InChI=1S/C17H18N2/c1-14-5-2-8-16-9-12-19(17(14)16)11-4-7-15-6-3-10-18-13-15/h2-3,5-6,8-10,12-13H,4,7,11H2,1H3. The molecule has 0 aliphatic heterocycles. The minimum atomic E-state index is 1.06.